The zero-order chi connectivity index (χ0) is 10.9. The second kappa shape index (κ2) is 7.24. The van der Waals surface area contributed by atoms with Crippen LogP contribution < -0.4 is 0 Å². The lowest BCUT2D eigenvalue weighted by atomic mass is 10.1. The third kappa shape index (κ3) is 4.80. The summed E-state index contributed by atoms with van der Waals surface area (Å²) in [5.41, 5.74) is 1.35. The van der Waals surface area contributed by atoms with Gasteiger partial charge in [-0.3, -0.25) is 0 Å². The lowest BCUT2D eigenvalue weighted by molar-refractivity contribution is 0.0937. The van der Waals surface area contributed by atoms with Crippen LogP contribution in [0.1, 0.15) is 25.8 Å². The quantitative estimate of drug-likeness (QED) is 0.643. The molecule has 0 aliphatic carbocycles. The van der Waals surface area contributed by atoms with Crippen LogP contribution in [-0.4, -0.2) is 12.7 Å². The van der Waals surface area contributed by atoms with Crippen molar-refractivity contribution in [2.75, 3.05) is 6.61 Å². The maximum absolute atomic E-state index is 5.54. The van der Waals surface area contributed by atoms with Crippen molar-refractivity contribution < 1.29 is 4.74 Å². The Kier molecular flexibility index (Phi) is 5.79. The zero-order valence-corrected chi connectivity index (χ0v) is 9.65. The zero-order valence-electron chi connectivity index (χ0n) is 9.65. The molecule has 0 bridgehead atoms. The van der Waals surface area contributed by atoms with Gasteiger partial charge in [0.05, 0.1) is 6.10 Å². The molecule has 0 heterocycles. The van der Waals surface area contributed by atoms with Crippen molar-refractivity contribution in [1.29, 1.82) is 0 Å². The lowest BCUT2D eigenvalue weighted by Gasteiger charge is -2.09. The lowest BCUT2D eigenvalue weighted by Crippen LogP contribution is -2.07. The monoisotopic (exact) mass is 204 g/mol. The molecule has 82 valence electrons. The molecule has 0 N–H and O–H groups in total. The van der Waals surface area contributed by atoms with Gasteiger partial charge in [0.2, 0.25) is 0 Å². The summed E-state index contributed by atoms with van der Waals surface area (Å²) in [6, 6.07) is 10.5. The third-order valence-corrected chi connectivity index (χ3v) is 2.33. The summed E-state index contributed by atoms with van der Waals surface area (Å²) in [7, 11) is 0. The van der Waals surface area contributed by atoms with Gasteiger partial charge < -0.3 is 4.74 Å². The van der Waals surface area contributed by atoms with Crippen LogP contribution in [0.25, 0.3) is 0 Å². The number of benzene rings is 1. The molecule has 1 aromatic carbocycles. The van der Waals surface area contributed by atoms with Crippen molar-refractivity contribution in [2.24, 2.45) is 0 Å². The molecule has 1 atom stereocenters. The average Bonchev–Trinajstić information content (AvgIpc) is 2.29. The molecular weight excluding hydrogens is 184 g/mol. The fourth-order valence-electron chi connectivity index (χ4n) is 1.49. The van der Waals surface area contributed by atoms with Crippen molar-refractivity contribution in [3.63, 3.8) is 0 Å². The Hall–Kier alpha value is -1.08. The van der Waals surface area contributed by atoms with Gasteiger partial charge >= 0.3 is 0 Å². The summed E-state index contributed by atoms with van der Waals surface area (Å²) in [6.07, 6.45) is 6.66. The summed E-state index contributed by atoms with van der Waals surface area (Å²) < 4.78 is 5.54. The van der Waals surface area contributed by atoms with E-state index in [9.17, 15) is 0 Å². The van der Waals surface area contributed by atoms with Gasteiger partial charge in [-0.15, -0.1) is 0 Å². The molecule has 0 saturated carbocycles. The van der Waals surface area contributed by atoms with Gasteiger partial charge in [0.25, 0.3) is 0 Å². The highest BCUT2D eigenvalue weighted by molar-refractivity contribution is 5.17. The number of hydrogen-bond acceptors (Lipinski definition) is 1. The highest BCUT2D eigenvalue weighted by atomic mass is 16.5. The minimum atomic E-state index is 0.277. The Morgan fingerprint density at radius 2 is 1.93 bits per heavy atom. The molecule has 0 aromatic heterocycles. The van der Waals surface area contributed by atoms with Gasteiger partial charge in [0.1, 0.15) is 0 Å². The van der Waals surface area contributed by atoms with Crippen molar-refractivity contribution in [2.45, 2.75) is 32.8 Å². The second-order valence-corrected chi connectivity index (χ2v) is 3.52. The van der Waals surface area contributed by atoms with Gasteiger partial charge in [-0.05, 0) is 25.3 Å². The Morgan fingerprint density at radius 1 is 1.20 bits per heavy atom. The van der Waals surface area contributed by atoms with E-state index in [1.165, 1.54) is 5.56 Å². The first-order valence-electron chi connectivity index (χ1n) is 5.69. The Labute approximate surface area is 92.8 Å². The topological polar surface area (TPSA) is 9.23 Å². The molecule has 0 aliphatic rings. The van der Waals surface area contributed by atoms with E-state index < -0.39 is 0 Å². The standard InChI is InChI=1S/C14H20O/c1-3-14(15-4-2)12-8-11-13-9-6-5-7-10-13/h5-10,12,14H,3-4,11H2,1-2H3/b12-8+. The van der Waals surface area contributed by atoms with Crippen molar-refractivity contribution in [3.05, 3.63) is 48.0 Å². The van der Waals surface area contributed by atoms with Crippen molar-refractivity contribution >= 4 is 0 Å². The van der Waals surface area contributed by atoms with E-state index in [0.29, 0.717) is 0 Å². The fourth-order valence-corrected chi connectivity index (χ4v) is 1.49. The van der Waals surface area contributed by atoms with Gasteiger partial charge in [-0.2, -0.15) is 0 Å². The molecule has 1 nitrogen and oxygen atoms in total. The van der Waals surface area contributed by atoms with Crippen molar-refractivity contribution in [3.8, 4) is 0 Å². The number of rotatable bonds is 6. The number of ether oxygens (including phenoxy) is 1. The smallest absolute Gasteiger partial charge is 0.0753 e. The fraction of sp³-hybridized carbons (Fsp3) is 0.429. The summed E-state index contributed by atoms with van der Waals surface area (Å²) in [6.45, 7) is 4.97. The molecule has 0 aliphatic heterocycles. The molecule has 0 spiro atoms. The van der Waals surface area contributed by atoms with E-state index in [0.717, 1.165) is 19.4 Å². The first-order chi connectivity index (χ1) is 7.36. The van der Waals surface area contributed by atoms with Gasteiger partial charge in [0, 0.05) is 6.61 Å². The second-order valence-electron chi connectivity index (χ2n) is 3.52. The molecule has 1 rings (SSSR count). The molecule has 0 saturated heterocycles. The van der Waals surface area contributed by atoms with E-state index in [-0.39, 0.29) is 6.10 Å². The summed E-state index contributed by atoms with van der Waals surface area (Å²) in [5, 5.41) is 0. The first-order valence-corrected chi connectivity index (χ1v) is 5.69. The van der Waals surface area contributed by atoms with Crippen LogP contribution in [0, 0.1) is 0 Å². The summed E-state index contributed by atoms with van der Waals surface area (Å²) in [5.74, 6) is 0. The molecular formula is C14H20O. The molecule has 0 radical (unpaired) electrons. The van der Waals surface area contributed by atoms with E-state index in [4.69, 9.17) is 4.74 Å². The molecule has 15 heavy (non-hydrogen) atoms. The minimum absolute atomic E-state index is 0.277. The van der Waals surface area contributed by atoms with E-state index >= 15 is 0 Å². The van der Waals surface area contributed by atoms with Crippen LogP contribution in [0.4, 0.5) is 0 Å². The van der Waals surface area contributed by atoms with E-state index in [1.54, 1.807) is 0 Å². The van der Waals surface area contributed by atoms with Crippen LogP contribution in [0.3, 0.4) is 0 Å². The third-order valence-electron chi connectivity index (χ3n) is 2.33. The van der Waals surface area contributed by atoms with Crippen LogP contribution >= 0.6 is 0 Å². The molecule has 1 unspecified atom stereocenters. The largest absolute Gasteiger partial charge is 0.374 e. The number of hydrogen-bond donors (Lipinski definition) is 0. The SMILES string of the molecule is CCOC(/C=C/Cc1ccccc1)CC. The predicted octanol–water partition coefficient (Wildman–Crippen LogP) is 3.60. The van der Waals surface area contributed by atoms with Crippen molar-refractivity contribution in [1.82, 2.24) is 0 Å². The first kappa shape index (κ1) is 12.0. The van der Waals surface area contributed by atoms with Crippen LogP contribution in [-0.2, 0) is 11.2 Å². The summed E-state index contributed by atoms with van der Waals surface area (Å²) in [4.78, 5) is 0. The molecule has 1 aromatic rings. The maximum atomic E-state index is 5.54. The Morgan fingerprint density at radius 3 is 2.53 bits per heavy atom. The van der Waals surface area contributed by atoms with E-state index in [2.05, 4.69) is 43.3 Å². The van der Waals surface area contributed by atoms with Gasteiger partial charge in [0.15, 0.2) is 0 Å². The normalized spacial score (nSPS) is 13.2. The number of allylic oxidation sites excluding steroid dienone is 1. The summed E-state index contributed by atoms with van der Waals surface area (Å²) >= 11 is 0. The average molecular weight is 204 g/mol. The van der Waals surface area contributed by atoms with Gasteiger partial charge in [-0.1, -0.05) is 49.4 Å². The Balaban J connectivity index is 2.38. The molecule has 0 amide bonds. The maximum Gasteiger partial charge on any atom is 0.0753 e. The molecule has 1 heteroatoms. The molecule has 0 fully saturated rings. The van der Waals surface area contributed by atoms with E-state index in [1.807, 2.05) is 13.0 Å². The highest BCUT2D eigenvalue weighted by Gasteiger charge is 1.98. The van der Waals surface area contributed by atoms with Crippen LogP contribution in [0.5, 0.6) is 0 Å². The Bertz CT molecular complexity index is 277. The van der Waals surface area contributed by atoms with Gasteiger partial charge in [-0.25, -0.2) is 0 Å². The minimum Gasteiger partial charge on any atom is -0.374 e. The van der Waals surface area contributed by atoms with Crippen LogP contribution in [0.15, 0.2) is 42.5 Å². The highest BCUT2D eigenvalue weighted by Crippen LogP contribution is 2.03. The van der Waals surface area contributed by atoms with Crippen LogP contribution in [0.2, 0.25) is 0 Å². The predicted molar refractivity (Wildman–Crippen MR) is 65.0 cm³/mol.